The fraction of sp³-hybridized carbons (Fsp3) is 0.846. The Morgan fingerprint density at radius 2 is 1.94 bits per heavy atom. The van der Waals surface area contributed by atoms with Crippen LogP contribution in [0.15, 0.2) is 0 Å². The van der Waals surface area contributed by atoms with Crippen molar-refractivity contribution in [2.75, 3.05) is 20.3 Å². The zero-order valence-corrected chi connectivity index (χ0v) is 11.2. The first kappa shape index (κ1) is 15.0. The monoisotopic (exact) mass is 257 g/mol. The van der Waals surface area contributed by atoms with E-state index < -0.39 is 6.04 Å². The van der Waals surface area contributed by atoms with Crippen molar-refractivity contribution in [3.8, 4) is 0 Å². The summed E-state index contributed by atoms with van der Waals surface area (Å²) in [6.45, 7) is 2.31. The molecule has 1 aliphatic carbocycles. The van der Waals surface area contributed by atoms with Crippen molar-refractivity contribution >= 4 is 11.9 Å². The van der Waals surface area contributed by atoms with Crippen molar-refractivity contribution in [2.24, 2.45) is 5.92 Å². The lowest BCUT2D eigenvalue weighted by atomic mass is 9.84. The van der Waals surface area contributed by atoms with Crippen LogP contribution in [-0.4, -0.2) is 38.2 Å². The number of nitrogens with one attached hydrogen (secondary N) is 1. The van der Waals surface area contributed by atoms with E-state index in [9.17, 15) is 9.59 Å². The van der Waals surface area contributed by atoms with Crippen molar-refractivity contribution in [3.05, 3.63) is 0 Å². The first-order valence-corrected chi connectivity index (χ1v) is 6.64. The van der Waals surface area contributed by atoms with Gasteiger partial charge in [0.05, 0.1) is 7.11 Å². The second-order valence-corrected chi connectivity index (χ2v) is 4.60. The van der Waals surface area contributed by atoms with Crippen LogP contribution in [-0.2, 0) is 19.1 Å². The third-order valence-electron chi connectivity index (χ3n) is 3.33. The summed E-state index contributed by atoms with van der Waals surface area (Å²) in [5, 5.41) is 2.73. The number of esters is 1. The molecule has 1 saturated carbocycles. The molecule has 18 heavy (non-hydrogen) atoms. The molecule has 1 amide bonds. The molecule has 0 radical (unpaired) electrons. The second-order valence-electron chi connectivity index (χ2n) is 4.60. The Labute approximate surface area is 108 Å². The molecule has 0 aliphatic heterocycles. The van der Waals surface area contributed by atoms with Gasteiger partial charge in [-0.15, -0.1) is 0 Å². The third kappa shape index (κ3) is 4.64. The van der Waals surface area contributed by atoms with E-state index in [1.807, 2.05) is 6.92 Å². The quantitative estimate of drug-likeness (QED) is 0.728. The molecule has 0 aromatic carbocycles. The predicted molar refractivity (Wildman–Crippen MR) is 67.0 cm³/mol. The standard InChI is InChI=1S/C13H23NO4/c1-3-18-9-11(15)14-12(13(16)17-2)10-7-5-4-6-8-10/h10,12H,3-9H2,1-2H3,(H,14,15)/t12-/m0/s1. The van der Waals surface area contributed by atoms with E-state index in [0.717, 1.165) is 25.7 Å². The lowest BCUT2D eigenvalue weighted by molar-refractivity contribution is -0.147. The van der Waals surface area contributed by atoms with Gasteiger partial charge in [0.15, 0.2) is 0 Å². The van der Waals surface area contributed by atoms with Crippen LogP contribution >= 0.6 is 0 Å². The Morgan fingerprint density at radius 1 is 1.28 bits per heavy atom. The Kier molecular flexibility index (Phi) is 6.72. The minimum Gasteiger partial charge on any atom is -0.467 e. The smallest absolute Gasteiger partial charge is 0.328 e. The fourth-order valence-corrected chi connectivity index (χ4v) is 2.37. The summed E-state index contributed by atoms with van der Waals surface area (Å²) in [6, 6.07) is -0.525. The summed E-state index contributed by atoms with van der Waals surface area (Å²) >= 11 is 0. The number of rotatable bonds is 6. The average molecular weight is 257 g/mol. The number of ether oxygens (including phenoxy) is 2. The van der Waals surface area contributed by atoms with E-state index >= 15 is 0 Å². The van der Waals surface area contributed by atoms with Crippen LogP contribution in [0.4, 0.5) is 0 Å². The largest absolute Gasteiger partial charge is 0.467 e. The number of hydrogen-bond donors (Lipinski definition) is 1. The maximum absolute atomic E-state index is 11.7. The molecule has 0 saturated heterocycles. The first-order valence-electron chi connectivity index (χ1n) is 6.64. The molecule has 5 heteroatoms. The number of methoxy groups -OCH3 is 1. The minimum atomic E-state index is -0.525. The van der Waals surface area contributed by atoms with Crippen molar-refractivity contribution in [2.45, 2.75) is 45.1 Å². The molecule has 0 aromatic heterocycles. The van der Waals surface area contributed by atoms with Crippen LogP contribution in [0, 0.1) is 5.92 Å². The van der Waals surface area contributed by atoms with E-state index in [0.29, 0.717) is 6.61 Å². The average Bonchev–Trinajstić information content (AvgIpc) is 2.42. The predicted octanol–water partition coefficient (Wildman–Crippen LogP) is 1.26. The molecule has 0 spiro atoms. The van der Waals surface area contributed by atoms with E-state index in [2.05, 4.69) is 5.32 Å². The topological polar surface area (TPSA) is 64.6 Å². The Bertz CT molecular complexity index is 274. The van der Waals surface area contributed by atoms with Crippen LogP contribution in [0.25, 0.3) is 0 Å². The summed E-state index contributed by atoms with van der Waals surface area (Å²) in [6.07, 6.45) is 5.36. The van der Waals surface area contributed by atoms with Gasteiger partial charge in [-0.05, 0) is 25.7 Å². The van der Waals surface area contributed by atoms with E-state index in [1.165, 1.54) is 13.5 Å². The Morgan fingerprint density at radius 3 is 2.50 bits per heavy atom. The van der Waals surface area contributed by atoms with Crippen molar-refractivity contribution in [1.29, 1.82) is 0 Å². The van der Waals surface area contributed by atoms with Crippen LogP contribution in [0.1, 0.15) is 39.0 Å². The third-order valence-corrected chi connectivity index (χ3v) is 3.33. The Balaban J connectivity index is 2.54. The van der Waals surface area contributed by atoms with Crippen LogP contribution in [0.3, 0.4) is 0 Å². The molecule has 104 valence electrons. The lowest BCUT2D eigenvalue weighted by Crippen LogP contribution is -2.48. The number of hydrogen-bond acceptors (Lipinski definition) is 4. The van der Waals surface area contributed by atoms with Gasteiger partial charge in [-0.3, -0.25) is 4.79 Å². The Hall–Kier alpha value is -1.10. The van der Waals surface area contributed by atoms with Gasteiger partial charge in [0, 0.05) is 6.61 Å². The van der Waals surface area contributed by atoms with Crippen molar-refractivity contribution < 1.29 is 19.1 Å². The molecular formula is C13H23NO4. The lowest BCUT2D eigenvalue weighted by Gasteiger charge is -2.28. The van der Waals surface area contributed by atoms with E-state index in [1.54, 1.807) is 0 Å². The molecule has 0 heterocycles. The number of carbonyl (C=O) groups is 2. The summed E-state index contributed by atoms with van der Waals surface area (Å²) in [4.78, 5) is 23.4. The van der Waals surface area contributed by atoms with Gasteiger partial charge in [0.25, 0.3) is 0 Å². The van der Waals surface area contributed by atoms with Crippen LogP contribution in [0.5, 0.6) is 0 Å². The molecule has 0 unspecified atom stereocenters. The molecule has 1 atom stereocenters. The molecule has 5 nitrogen and oxygen atoms in total. The highest BCUT2D eigenvalue weighted by Gasteiger charge is 2.31. The second kappa shape index (κ2) is 8.08. The molecule has 1 rings (SSSR count). The van der Waals surface area contributed by atoms with Gasteiger partial charge in [-0.25, -0.2) is 4.79 Å². The zero-order chi connectivity index (χ0) is 13.4. The van der Waals surface area contributed by atoms with Gasteiger partial charge in [-0.1, -0.05) is 19.3 Å². The normalized spacial score (nSPS) is 18.1. The van der Waals surface area contributed by atoms with Gasteiger partial charge in [0.2, 0.25) is 5.91 Å². The van der Waals surface area contributed by atoms with Gasteiger partial charge in [-0.2, -0.15) is 0 Å². The molecular weight excluding hydrogens is 234 g/mol. The van der Waals surface area contributed by atoms with Crippen molar-refractivity contribution in [3.63, 3.8) is 0 Å². The summed E-state index contributed by atoms with van der Waals surface area (Å²) < 4.78 is 9.81. The zero-order valence-electron chi connectivity index (χ0n) is 11.2. The van der Waals surface area contributed by atoms with Crippen LogP contribution < -0.4 is 5.32 Å². The van der Waals surface area contributed by atoms with Gasteiger partial charge >= 0.3 is 5.97 Å². The molecule has 1 aliphatic rings. The van der Waals surface area contributed by atoms with Crippen molar-refractivity contribution in [1.82, 2.24) is 5.32 Å². The number of carbonyl (C=O) groups excluding carboxylic acids is 2. The molecule has 1 N–H and O–H groups in total. The molecule has 1 fully saturated rings. The maximum atomic E-state index is 11.7. The van der Waals surface area contributed by atoms with Crippen LogP contribution in [0.2, 0.25) is 0 Å². The van der Waals surface area contributed by atoms with Gasteiger partial charge in [0.1, 0.15) is 12.6 Å². The van der Waals surface area contributed by atoms with Gasteiger partial charge < -0.3 is 14.8 Å². The summed E-state index contributed by atoms with van der Waals surface area (Å²) in [7, 11) is 1.35. The van der Waals surface area contributed by atoms with E-state index in [4.69, 9.17) is 9.47 Å². The summed E-state index contributed by atoms with van der Waals surface area (Å²) in [5.74, 6) is -0.415. The summed E-state index contributed by atoms with van der Waals surface area (Å²) in [5.41, 5.74) is 0. The SMILES string of the molecule is CCOCC(=O)N[C@H](C(=O)OC)C1CCCCC1. The first-order chi connectivity index (χ1) is 8.69. The minimum absolute atomic E-state index is 0.00326. The van der Waals surface area contributed by atoms with E-state index in [-0.39, 0.29) is 24.4 Å². The maximum Gasteiger partial charge on any atom is 0.328 e. The highest BCUT2D eigenvalue weighted by Crippen LogP contribution is 2.27. The fourth-order valence-electron chi connectivity index (χ4n) is 2.37. The highest BCUT2D eigenvalue weighted by molar-refractivity contribution is 5.85. The highest BCUT2D eigenvalue weighted by atomic mass is 16.5. The number of amides is 1. The molecule has 0 bridgehead atoms. The molecule has 0 aromatic rings.